The van der Waals surface area contributed by atoms with Crippen LogP contribution in [0.2, 0.25) is 0 Å². The van der Waals surface area contributed by atoms with Crippen LogP contribution in [0.15, 0.2) is 0 Å². The van der Waals surface area contributed by atoms with Gasteiger partial charge in [-0.15, -0.1) is 0 Å². The molecule has 0 aliphatic carbocycles. The van der Waals surface area contributed by atoms with E-state index in [1.54, 1.807) is 26.0 Å². The Morgan fingerprint density at radius 3 is 1.67 bits per heavy atom. The van der Waals surface area contributed by atoms with Gasteiger partial charge in [-0.05, 0) is 24.3 Å². The van der Waals surface area contributed by atoms with Crippen molar-refractivity contribution in [2.24, 2.45) is 0 Å². The van der Waals surface area contributed by atoms with Gasteiger partial charge in [0, 0.05) is 14.2 Å². The van der Waals surface area contributed by atoms with E-state index >= 15 is 0 Å². The van der Waals surface area contributed by atoms with Crippen LogP contribution in [0.4, 0.5) is 0 Å². The summed E-state index contributed by atoms with van der Waals surface area (Å²) in [6, 6.07) is 0. The van der Waals surface area contributed by atoms with Crippen molar-refractivity contribution in [3.63, 3.8) is 0 Å². The fourth-order valence-corrected chi connectivity index (χ4v) is 2.80. The average Bonchev–Trinajstić information content (AvgIpc) is 2.32. The molecular formula is C10H20O4S. The van der Waals surface area contributed by atoms with Crippen LogP contribution in [0.3, 0.4) is 0 Å². The molecule has 1 fully saturated rings. The third kappa shape index (κ3) is 3.60. The van der Waals surface area contributed by atoms with Gasteiger partial charge in [0.25, 0.3) is 0 Å². The molecular weight excluding hydrogens is 216 g/mol. The molecule has 5 heteroatoms. The first-order valence-electron chi connectivity index (χ1n) is 5.20. The summed E-state index contributed by atoms with van der Waals surface area (Å²) in [5, 5.41) is 19.8. The summed E-state index contributed by atoms with van der Waals surface area (Å²) in [4.78, 5) is 0. The molecule has 0 aromatic heterocycles. The van der Waals surface area contributed by atoms with E-state index in [4.69, 9.17) is 9.47 Å². The summed E-state index contributed by atoms with van der Waals surface area (Å²) in [6.07, 6.45) is -0.810. The van der Waals surface area contributed by atoms with Crippen LogP contribution in [0.25, 0.3) is 0 Å². The quantitative estimate of drug-likeness (QED) is 0.720. The smallest absolute Gasteiger partial charge is 0.109 e. The molecule has 0 aromatic carbocycles. The molecule has 1 heterocycles. The van der Waals surface area contributed by atoms with E-state index < -0.39 is 12.2 Å². The molecule has 1 saturated heterocycles. The van der Waals surface area contributed by atoms with Crippen molar-refractivity contribution in [2.75, 3.05) is 25.7 Å². The molecule has 2 N–H and O–H groups in total. The molecule has 1 aliphatic heterocycles. The zero-order chi connectivity index (χ0) is 11.3. The number of ether oxygens (including phenoxy) is 2. The highest BCUT2D eigenvalue weighted by molar-refractivity contribution is 7.99. The summed E-state index contributed by atoms with van der Waals surface area (Å²) < 4.78 is 10.4. The maximum absolute atomic E-state index is 9.90. The lowest BCUT2D eigenvalue weighted by atomic mass is 10.00. The fraction of sp³-hybridized carbons (Fsp3) is 1.00. The van der Waals surface area contributed by atoms with Crippen LogP contribution < -0.4 is 0 Å². The lowest BCUT2D eigenvalue weighted by molar-refractivity contribution is -0.122. The number of methoxy groups -OCH3 is 2. The van der Waals surface area contributed by atoms with Gasteiger partial charge < -0.3 is 19.7 Å². The van der Waals surface area contributed by atoms with E-state index in [-0.39, 0.29) is 12.2 Å². The summed E-state index contributed by atoms with van der Waals surface area (Å²) >= 11 is 1.80. The Morgan fingerprint density at radius 1 is 0.933 bits per heavy atom. The van der Waals surface area contributed by atoms with Gasteiger partial charge in [0.2, 0.25) is 0 Å². The highest BCUT2D eigenvalue weighted by atomic mass is 32.2. The lowest BCUT2D eigenvalue weighted by Crippen LogP contribution is -2.45. The second-order valence-electron chi connectivity index (χ2n) is 3.72. The number of aliphatic hydroxyl groups is 2. The molecule has 0 aromatic rings. The van der Waals surface area contributed by atoms with Crippen LogP contribution in [0.5, 0.6) is 0 Å². The van der Waals surface area contributed by atoms with Crippen molar-refractivity contribution in [2.45, 2.75) is 37.3 Å². The van der Waals surface area contributed by atoms with Crippen LogP contribution in [-0.4, -0.2) is 60.4 Å². The van der Waals surface area contributed by atoms with E-state index in [1.807, 2.05) is 0 Å². The highest BCUT2D eigenvalue weighted by Gasteiger charge is 2.33. The van der Waals surface area contributed by atoms with Crippen molar-refractivity contribution in [3.05, 3.63) is 0 Å². The Kier molecular flexibility index (Phi) is 5.92. The van der Waals surface area contributed by atoms with Gasteiger partial charge >= 0.3 is 0 Å². The molecule has 15 heavy (non-hydrogen) atoms. The number of rotatable bonds is 2. The second kappa shape index (κ2) is 6.70. The number of hydrogen-bond donors (Lipinski definition) is 2. The predicted molar refractivity (Wildman–Crippen MR) is 60.2 cm³/mol. The van der Waals surface area contributed by atoms with Crippen LogP contribution in [0.1, 0.15) is 12.8 Å². The molecule has 1 rings (SSSR count). The Hall–Kier alpha value is 0.190. The Balaban J connectivity index is 2.66. The minimum atomic E-state index is -0.862. The number of hydrogen-bond acceptors (Lipinski definition) is 5. The van der Waals surface area contributed by atoms with Crippen LogP contribution in [-0.2, 0) is 9.47 Å². The zero-order valence-corrected chi connectivity index (χ0v) is 10.1. The molecule has 4 nitrogen and oxygen atoms in total. The van der Waals surface area contributed by atoms with Gasteiger partial charge in [0.15, 0.2) is 0 Å². The molecule has 1 aliphatic rings. The van der Waals surface area contributed by atoms with Gasteiger partial charge in [-0.25, -0.2) is 0 Å². The Bertz CT molecular complexity index is 161. The van der Waals surface area contributed by atoms with Crippen LogP contribution >= 0.6 is 11.8 Å². The van der Waals surface area contributed by atoms with Gasteiger partial charge in [-0.2, -0.15) is 11.8 Å². The van der Waals surface area contributed by atoms with Crippen molar-refractivity contribution in [1.29, 1.82) is 0 Å². The summed E-state index contributed by atoms with van der Waals surface area (Å²) in [5.41, 5.74) is 0. The minimum Gasteiger partial charge on any atom is -0.388 e. The standard InChI is InChI=1S/C10H20O4S/c1-13-7-3-5-15-6-4-8(14-2)10(12)9(7)11/h7-12H,3-6H2,1-2H3/t7-,8-,9+,10+/m1/s1. The summed E-state index contributed by atoms with van der Waals surface area (Å²) in [5.74, 6) is 1.89. The average molecular weight is 236 g/mol. The molecule has 0 bridgehead atoms. The van der Waals surface area contributed by atoms with Crippen LogP contribution in [0, 0.1) is 0 Å². The third-order valence-corrected chi connectivity index (χ3v) is 3.86. The first-order valence-corrected chi connectivity index (χ1v) is 6.35. The van der Waals surface area contributed by atoms with Gasteiger partial charge in [0.1, 0.15) is 12.2 Å². The van der Waals surface area contributed by atoms with Crippen molar-refractivity contribution < 1.29 is 19.7 Å². The maximum atomic E-state index is 9.90. The zero-order valence-electron chi connectivity index (χ0n) is 9.26. The first-order chi connectivity index (χ1) is 7.20. The first kappa shape index (κ1) is 13.3. The number of thioether (sulfide) groups is 1. The normalized spacial score (nSPS) is 39.2. The van der Waals surface area contributed by atoms with Crippen molar-refractivity contribution >= 4 is 11.8 Å². The van der Waals surface area contributed by atoms with Gasteiger partial charge in [-0.3, -0.25) is 0 Å². The van der Waals surface area contributed by atoms with Gasteiger partial charge in [-0.1, -0.05) is 0 Å². The van der Waals surface area contributed by atoms with E-state index in [9.17, 15) is 10.2 Å². The third-order valence-electron chi connectivity index (χ3n) is 2.81. The van der Waals surface area contributed by atoms with Crippen molar-refractivity contribution in [3.8, 4) is 0 Å². The molecule has 4 atom stereocenters. The van der Waals surface area contributed by atoms with E-state index in [0.29, 0.717) is 0 Å². The van der Waals surface area contributed by atoms with E-state index in [0.717, 1.165) is 24.3 Å². The minimum absolute atomic E-state index is 0.303. The fourth-order valence-electron chi connectivity index (χ4n) is 1.80. The topological polar surface area (TPSA) is 58.9 Å². The highest BCUT2D eigenvalue weighted by Crippen LogP contribution is 2.21. The van der Waals surface area contributed by atoms with E-state index in [2.05, 4.69) is 0 Å². The molecule has 0 radical (unpaired) electrons. The Morgan fingerprint density at radius 2 is 1.33 bits per heavy atom. The monoisotopic (exact) mass is 236 g/mol. The summed E-state index contributed by atoms with van der Waals surface area (Å²) in [7, 11) is 3.12. The molecule has 0 unspecified atom stereocenters. The molecule has 0 amide bonds. The lowest BCUT2D eigenvalue weighted by Gasteiger charge is -2.29. The van der Waals surface area contributed by atoms with Gasteiger partial charge in [0.05, 0.1) is 12.2 Å². The second-order valence-corrected chi connectivity index (χ2v) is 4.94. The predicted octanol–water partition coefficient (Wildman–Crippen LogP) is 0.265. The maximum Gasteiger partial charge on any atom is 0.109 e. The SMILES string of the molecule is CO[C@@H]1CCSCC[C@@H](OC)[C@H](O)[C@H]1O. The molecule has 90 valence electrons. The van der Waals surface area contributed by atoms with Crippen molar-refractivity contribution in [1.82, 2.24) is 0 Å². The summed E-state index contributed by atoms with van der Waals surface area (Å²) in [6.45, 7) is 0. The number of aliphatic hydroxyl groups excluding tert-OH is 2. The molecule has 0 spiro atoms. The van der Waals surface area contributed by atoms with E-state index in [1.165, 1.54) is 0 Å². The Labute approximate surface area is 95.0 Å². The molecule has 0 saturated carbocycles. The largest absolute Gasteiger partial charge is 0.388 e.